The Morgan fingerprint density at radius 3 is 2.45 bits per heavy atom. The molecule has 2 aliphatic heterocycles. The van der Waals surface area contributed by atoms with Crippen LogP contribution in [-0.2, 0) is 25.7 Å². The number of likely N-dealkylation sites (tertiary alicyclic amines) is 1. The van der Waals surface area contributed by atoms with Crippen molar-refractivity contribution < 1.29 is 34.5 Å². The van der Waals surface area contributed by atoms with Crippen molar-refractivity contribution in [1.82, 2.24) is 10.4 Å². The van der Waals surface area contributed by atoms with E-state index in [0.717, 1.165) is 36.1 Å². The third-order valence-corrected chi connectivity index (χ3v) is 7.64. The molecule has 2 amide bonds. The van der Waals surface area contributed by atoms with Crippen LogP contribution in [0.25, 0.3) is 0 Å². The Labute approximate surface area is 235 Å². The van der Waals surface area contributed by atoms with Crippen LogP contribution >= 0.6 is 0 Å². The number of hydrogen-bond acceptors (Lipinski definition) is 8. The molecule has 2 aliphatic rings. The molecular weight excluding hydrogens is 514 g/mol. The van der Waals surface area contributed by atoms with E-state index in [4.69, 9.17) is 14.7 Å². The first kappa shape index (κ1) is 30.1. The van der Waals surface area contributed by atoms with Crippen LogP contribution in [-0.4, -0.2) is 64.0 Å². The van der Waals surface area contributed by atoms with Gasteiger partial charge in [0.25, 0.3) is 0 Å². The Morgan fingerprint density at radius 2 is 1.73 bits per heavy atom. The Bertz CT molecular complexity index is 1100. The second-order valence-corrected chi connectivity index (χ2v) is 10.6. The van der Waals surface area contributed by atoms with Crippen molar-refractivity contribution in [2.45, 2.75) is 82.5 Å². The average molecular weight is 556 g/mol. The van der Waals surface area contributed by atoms with E-state index in [2.05, 4.69) is 10.2 Å². The second kappa shape index (κ2) is 15.2. The van der Waals surface area contributed by atoms with E-state index < -0.39 is 12.2 Å². The molecule has 10 nitrogen and oxygen atoms in total. The summed E-state index contributed by atoms with van der Waals surface area (Å²) in [6.07, 6.45) is 4.27. The number of carbonyl (C=O) groups is 2. The van der Waals surface area contributed by atoms with Gasteiger partial charge in [0.05, 0.1) is 25.4 Å². The highest BCUT2D eigenvalue weighted by atomic mass is 16.7. The van der Waals surface area contributed by atoms with Crippen LogP contribution < -0.4 is 10.8 Å². The fraction of sp³-hybridized carbons (Fsp3) is 0.533. The number of aliphatic hydroxyl groups is 2. The predicted molar refractivity (Wildman–Crippen MR) is 148 cm³/mol. The Balaban J connectivity index is 1.41. The highest BCUT2D eigenvalue weighted by Crippen LogP contribution is 2.39. The summed E-state index contributed by atoms with van der Waals surface area (Å²) < 4.78 is 12.9. The number of hydroxylamine groups is 1. The Hall–Kier alpha value is -2.86. The first-order valence-corrected chi connectivity index (χ1v) is 14.2. The first-order valence-electron chi connectivity index (χ1n) is 14.2. The van der Waals surface area contributed by atoms with E-state index in [1.165, 1.54) is 0 Å². The number of hydrogen-bond donors (Lipinski definition) is 5. The number of rotatable bonds is 13. The molecule has 0 saturated carbocycles. The van der Waals surface area contributed by atoms with Crippen molar-refractivity contribution in [3.8, 4) is 0 Å². The number of amides is 2. The fourth-order valence-electron chi connectivity index (χ4n) is 5.43. The normalized spacial score (nSPS) is 23.2. The number of aliphatic hydroxyl groups excluding tert-OH is 2. The number of benzene rings is 2. The topological polar surface area (TPSA) is 141 Å². The molecule has 4 atom stereocenters. The molecule has 4 rings (SSSR count). The molecular formula is C30H41N3O7. The van der Waals surface area contributed by atoms with Crippen LogP contribution in [0.5, 0.6) is 0 Å². The van der Waals surface area contributed by atoms with Gasteiger partial charge in [-0.2, -0.15) is 0 Å². The van der Waals surface area contributed by atoms with E-state index in [0.29, 0.717) is 44.3 Å². The molecule has 0 spiro atoms. The number of unbranched alkanes of at least 4 members (excludes halogenated alkanes) is 2. The predicted octanol–water partition coefficient (Wildman–Crippen LogP) is 3.58. The monoisotopic (exact) mass is 555 g/mol. The van der Waals surface area contributed by atoms with E-state index in [9.17, 15) is 19.8 Å². The quantitative estimate of drug-likeness (QED) is 0.144. The number of ether oxygens (including phenoxy) is 2. The van der Waals surface area contributed by atoms with Crippen molar-refractivity contribution in [3.63, 3.8) is 0 Å². The highest BCUT2D eigenvalue weighted by Gasteiger charge is 2.35. The summed E-state index contributed by atoms with van der Waals surface area (Å²) in [5, 5.41) is 30.7. The smallest absolute Gasteiger partial charge is 0.243 e. The maximum atomic E-state index is 12.5. The van der Waals surface area contributed by atoms with Gasteiger partial charge >= 0.3 is 0 Å². The summed E-state index contributed by atoms with van der Waals surface area (Å²) in [7, 11) is 0. The van der Waals surface area contributed by atoms with Crippen LogP contribution in [0.3, 0.4) is 0 Å². The zero-order chi connectivity index (χ0) is 28.3. The minimum Gasteiger partial charge on any atom is -0.395 e. The third kappa shape index (κ3) is 8.57. The van der Waals surface area contributed by atoms with Gasteiger partial charge in [-0.15, -0.1) is 0 Å². The molecule has 0 bridgehead atoms. The van der Waals surface area contributed by atoms with Crippen molar-refractivity contribution >= 4 is 17.5 Å². The van der Waals surface area contributed by atoms with Gasteiger partial charge in [0.2, 0.25) is 11.8 Å². The first-order chi connectivity index (χ1) is 19.5. The maximum Gasteiger partial charge on any atom is 0.243 e. The van der Waals surface area contributed by atoms with Gasteiger partial charge in [-0.3, -0.25) is 19.7 Å². The Morgan fingerprint density at radius 1 is 0.950 bits per heavy atom. The Kier molecular flexibility index (Phi) is 11.5. The van der Waals surface area contributed by atoms with Gasteiger partial charge in [-0.05, 0) is 55.5 Å². The lowest BCUT2D eigenvalue weighted by Crippen LogP contribution is -2.42. The lowest BCUT2D eigenvalue weighted by molar-refractivity contribution is -0.253. The second-order valence-electron chi connectivity index (χ2n) is 10.6. The van der Waals surface area contributed by atoms with Gasteiger partial charge in [-0.25, -0.2) is 5.48 Å². The molecule has 2 fully saturated rings. The van der Waals surface area contributed by atoms with Crippen LogP contribution in [0, 0.1) is 0 Å². The van der Waals surface area contributed by atoms with E-state index in [-0.39, 0.29) is 43.8 Å². The van der Waals surface area contributed by atoms with Crippen molar-refractivity contribution in [2.75, 3.05) is 25.0 Å². The van der Waals surface area contributed by atoms with Gasteiger partial charge in [-0.1, -0.05) is 42.8 Å². The van der Waals surface area contributed by atoms with E-state index >= 15 is 0 Å². The zero-order valence-electron chi connectivity index (χ0n) is 22.8. The molecule has 2 heterocycles. The molecule has 2 aromatic rings. The van der Waals surface area contributed by atoms with Crippen LogP contribution in [0.15, 0.2) is 48.5 Å². The standard InChI is InChI=1S/C30H41N3O7/c34-19-21-11-13-22(14-12-21)27-17-26(18-33-15-5-8-25(33)20-35)39-30(40-27)23-6-4-7-24(16-23)31-28(36)9-2-1-3-10-29(37)32-38/h4,6-7,11-14,16,25-27,30,34-35,38H,1-3,5,8-10,15,17-20H2,(H,31,36)(H,32,37)/t25-,26+,27-,30-/m0/s1. The van der Waals surface area contributed by atoms with Crippen LogP contribution in [0.2, 0.25) is 0 Å². The molecule has 218 valence electrons. The largest absolute Gasteiger partial charge is 0.395 e. The van der Waals surface area contributed by atoms with Crippen LogP contribution in [0.1, 0.15) is 80.5 Å². The summed E-state index contributed by atoms with van der Waals surface area (Å²) in [5.74, 6) is -0.535. The number of carbonyl (C=O) groups excluding carboxylic acids is 2. The average Bonchev–Trinajstić information content (AvgIpc) is 3.43. The number of nitrogens with one attached hydrogen (secondary N) is 2. The molecule has 5 N–H and O–H groups in total. The van der Waals surface area contributed by atoms with Crippen molar-refractivity contribution in [1.29, 1.82) is 0 Å². The lowest BCUT2D eigenvalue weighted by atomic mass is 9.99. The van der Waals surface area contributed by atoms with Gasteiger partial charge in [0.15, 0.2) is 6.29 Å². The summed E-state index contributed by atoms with van der Waals surface area (Å²) in [4.78, 5) is 25.9. The summed E-state index contributed by atoms with van der Waals surface area (Å²) in [6, 6.07) is 15.4. The molecule has 0 aliphatic carbocycles. The molecule has 0 aromatic heterocycles. The van der Waals surface area contributed by atoms with Crippen molar-refractivity contribution in [2.24, 2.45) is 0 Å². The minimum absolute atomic E-state index is 0.0168. The minimum atomic E-state index is -0.633. The van der Waals surface area contributed by atoms with E-state index in [1.807, 2.05) is 48.5 Å². The molecule has 2 aromatic carbocycles. The number of anilines is 1. The SMILES string of the molecule is O=C(CCCCCC(=O)Nc1cccc([C@H]2O[C@@H](CN3CCC[C@H]3CO)C[C@@H](c3ccc(CO)cc3)O2)c1)NO. The maximum absolute atomic E-state index is 12.5. The van der Waals surface area contributed by atoms with Gasteiger partial charge in [0.1, 0.15) is 0 Å². The molecule has 0 unspecified atom stereocenters. The highest BCUT2D eigenvalue weighted by molar-refractivity contribution is 5.90. The molecule has 2 saturated heterocycles. The fourth-order valence-corrected chi connectivity index (χ4v) is 5.43. The number of nitrogens with zero attached hydrogens (tertiary/aromatic N) is 1. The molecule has 0 radical (unpaired) electrons. The summed E-state index contributed by atoms with van der Waals surface area (Å²) in [5.41, 5.74) is 4.91. The van der Waals surface area contributed by atoms with Gasteiger partial charge in [0, 0.05) is 43.1 Å². The zero-order valence-corrected chi connectivity index (χ0v) is 22.8. The summed E-state index contributed by atoms with van der Waals surface area (Å²) in [6.45, 7) is 1.75. The molecule has 10 heteroatoms. The van der Waals surface area contributed by atoms with Crippen molar-refractivity contribution in [3.05, 3.63) is 65.2 Å². The molecule has 40 heavy (non-hydrogen) atoms. The lowest BCUT2D eigenvalue weighted by Gasteiger charge is -2.38. The third-order valence-electron chi connectivity index (χ3n) is 7.64. The summed E-state index contributed by atoms with van der Waals surface area (Å²) >= 11 is 0. The van der Waals surface area contributed by atoms with E-state index in [1.54, 1.807) is 5.48 Å². The van der Waals surface area contributed by atoms with Gasteiger partial charge < -0.3 is 25.0 Å². The van der Waals surface area contributed by atoms with Crippen LogP contribution in [0.4, 0.5) is 5.69 Å².